The number of carboxylic acid groups (broad SMARTS) is 1. The Morgan fingerprint density at radius 2 is 1.95 bits per heavy atom. The summed E-state index contributed by atoms with van der Waals surface area (Å²) in [5.74, 6) is -0.704. The molecule has 0 fully saturated rings. The number of carboxylic acids is 1. The normalized spacial score (nSPS) is 18.4. The molecule has 2 N–H and O–H groups in total. The molecule has 0 saturated heterocycles. The zero-order chi connectivity index (χ0) is 14.7. The van der Waals surface area contributed by atoms with Crippen molar-refractivity contribution < 1.29 is 24.2 Å². The van der Waals surface area contributed by atoms with Crippen molar-refractivity contribution in [2.24, 2.45) is 5.92 Å². The van der Waals surface area contributed by atoms with Crippen molar-refractivity contribution in [2.75, 3.05) is 6.61 Å². The predicted octanol–water partition coefficient (Wildman–Crippen LogP) is 1.05. The minimum absolute atomic E-state index is 0.0628. The molecule has 1 aromatic carbocycles. The van der Waals surface area contributed by atoms with Crippen LogP contribution in [0.4, 0.5) is 0 Å². The first kappa shape index (κ1) is 14.2. The standard InChI is InChI=1S/C14H17NO5/c1-8(2)12(14(17)18)15-13(16)11-7-19-9-5-3-4-6-10(9)20-11/h3-6,8,11-12H,7H2,1-2H3,(H,15,16)(H,17,18). The van der Waals surface area contributed by atoms with Crippen LogP contribution in [0.25, 0.3) is 0 Å². The molecular formula is C14H17NO5. The fourth-order valence-corrected chi connectivity index (χ4v) is 1.91. The number of nitrogens with one attached hydrogen (secondary N) is 1. The van der Waals surface area contributed by atoms with E-state index >= 15 is 0 Å². The highest BCUT2D eigenvalue weighted by atomic mass is 16.6. The summed E-state index contributed by atoms with van der Waals surface area (Å²) in [5.41, 5.74) is 0. The Labute approximate surface area is 116 Å². The van der Waals surface area contributed by atoms with E-state index in [1.54, 1.807) is 32.0 Å². The molecule has 1 heterocycles. The van der Waals surface area contributed by atoms with Gasteiger partial charge in [0.1, 0.15) is 12.6 Å². The molecule has 6 nitrogen and oxygen atoms in total. The first-order valence-electron chi connectivity index (χ1n) is 6.40. The van der Waals surface area contributed by atoms with Crippen LogP contribution in [0.5, 0.6) is 11.5 Å². The van der Waals surface area contributed by atoms with Gasteiger partial charge in [-0.15, -0.1) is 0 Å². The molecule has 0 aliphatic carbocycles. The number of benzene rings is 1. The van der Waals surface area contributed by atoms with Gasteiger partial charge in [0.2, 0.25) is 6.10 Å². The quantitative estimate of drug-likeness (QED) is 0.860. The van der Waals surface area contributed by atoms with E-state index in [4.69, 9.17) is 14.6 Å². The first-order chi connectivity index (χ1) is 9.49. The monoisotopic (exact) mass is 279 g/mol. The summed E-state index contributed by atoms with van der Waals surface area (Å²) >= 11 is 0. The van der Waals surface area contributed by atoms with Crippen molar-refractivity contribution in [2.45, 2.75) is 26.0 Å². The summed E-state index contributed by atoms with van der Waals surface area (Å²) in [5, 5.41) is 11.5. The highest BCUT2D eigenvalue weighted by Crippen LogP contribution is 2.30. The topological polar surface area (TPSA) is 84.9 Å². The van der Waals surface area contributed by atoms with Gasteiger partial charge in [0.25, 0.3) is 5.91 Å². The van der Waals surface area contributed by atoms with Gasteiger partial charge in [-0.3, -0.25) is 4.79 Å². The van der Waals surface area contributed by atoms with Gasteiger partial charge >= 0.3 is 5.97 Å². The molecule has 6 heteroatoms. The smallest absolute Gasteiger partial charge is 0.326 e. The molecule has 0 spiro atoms. The molecule has 1 aliphatic heterocycles. The van der Waals surface area contributed by atoms with Gasteiger partial charge in [0.05, 0.1) is 0 Å². The van der Waals surface area contributed by atoms with Gasteiger partial charge < -0.3 is 19.9 Å². The van der Waals surface area contributed by atoms with E-state index in [0.717, 1.165) is 0 Å². The summed E-state index contributed by atoms with van der Waals surface area (Å²) in [6, 6.07) is 6.09. The zero-order valence-electron chi connectivity index (χ0n) is 11.3. The molecule has 20 heavy (non-hydrogen) atoms. The molecule has 2 unspecified atom stereocenters. The van der Waals surface area contributed by atoms with Crippen molar-refractivity contribution in [1.29, 1.82) is 0 Å². The maximum Gasteiger partial charge on any atom is 0.326 e. The Balaban J connectivity index is 2.03. The number of amides is 1. The average Bonchev–Trinajstić information content (AvgIpc) is 2.43. The molecule has 0 saturated carbocycles. The molecule has 0 radical (unpaired) electrons. The predicted molar refractivity (Wildman–Crippen MR) is 70.8 cm³/mol. The van der Waals surface area contributed by atoms with Crippen LogP contribution in [-0.4, -0.2) is 35.7 Å². The van der Waals surface area contributed by atoms with Crippen LogP contribution in [0.15, 0.2) is 24.3 Å². The summed E-state index contributed by atoms with van der Waals surface area (Å²) in [4.78, 5) is 23.1. The minimum atomic E-state index is -1.06. The maximum absolute atomic E-state index is 12.0. The fourth-order valence-electron chi connectivity index (χ4n) is 1.91. The van der Waals surface area contributed by atoms with Crippen LogP contribution >= 0.6 is 0 Å². The highest BCUT2D eigenvalue weighted by molar-refractivity contribution is 5.87. The molecule has 2 rings (SSSR count). The van der Waals surface area contributed by atoms with Gasteiger partial charge in [-0.2, -0.15) is 0 Å². The van der Waals surface area contributed by atoms with Crippen molar-refractivity contribution >= 4 is 11.9 Å². The third kappa shape index (κ3) is 3.01. The molecule has 1 amide bonds. The second-order valence-electron chi connectivity index (χ2n) is 4.93. The van der Waals surface area contributed by atoms with Crippen molar-refractivity contribution in [1.82, 2.24) is 5.32 Å². The van der Waals surface area contributed by atoms with Crippen molar-refractivity contribution in [3.8, 4) is 11.5 Å². The lowest BCUT2D eigenvalue weighted by Gasteiger charge is -2.27. The number of aliphatic carboxylic acids is 1. The van der Waals surface area contributed by atoms with Gasteiger partial charge in [0, 0.05) is 0 Å². The largest absolute Gasteiger partial charge is 0.485 e. The summed E-state index contributed by atoms with van der Waals surface area (Å²) in [6.45, 7) is 3.52. The average molecular weight is 279 g/mol. The summed E-state index contributed by atoms with van der Waals surface area (Å²) < 4.78 is 11.0. The van der Waals surface area contributed by atoms with Gasteiger partial charge in [0.15, 0.2) is 11.5 Å². The lowest BCUT2D eigenvalue weighted by atomic mass is 10.0. The Bertz CT molecular complexity index is 514. The van der Waals surface area contributed by atoms with Gasteiger partial charge in [-0.1, -0.05) is 26.0 Å². The highest BCUT2D eigenvalue weighted by Gasteiger charge is 2.31. The number of fused-ring (bicyclic) bond motifs is 1. The molecule has 2 atom stereocenters. The van der Waals surface area contributed by atoms with Crippen LogP contribution in [0.3, 0.4) is 0 Å². The molecular weight excluding hydrogens is 262 g/mol. The second-order valence-corrected chi connectivity index (χ2v) is 4.93. The number of rotatable bonds is 4. The van der Waals surface area contributed by atoms with Crippen molar-refractivity contribution in [3.63, 3.8) is 0 Å². The maximum atomic E-state index is 12.0. The second kappa shape index (κ2) is 5.81. The Morgan fingerprint density at radius 3 is 2.55 bits per heavy atom. The number of para-hydroxylation sites is 2. The van der Waals surface area contributed by atoms with Crippen LogP contribution in [0.2, 0.25) is 0 Å². The van der Waals surface area contributed by atoms with E-state index in [1.165, 1.54) is 0 Å². The van der Waals surface area contributed by atoms with Crippen LogP contribution in [0.1, 0.15) is 13.8 Å². The molecule has 1 aromatic rings. The van der Waals surface area contributed by atoms with Gasteiger partial charge in [-0.05, 0) is 18.1 Å². The summed E-state index contributed by atoms with van der Waals surface area (Å²) in [6.07, 6.45) is -0.842. The van der Waals surface area contributed by atoms with E-state index in [2.05, 4.69) is 5.32 Å². The fraction of sp³-hybridized carbons (Fsp3) is 0.429. The Hall–Kier alpha value is -2.24. The van der Waals surface area contributed by atoms with E-state index in [1.807, 2.05) is 6.07 Å². The van der Waals surface area contributed by atoms with Crippen molar-refractivity contribution in [3.05, 3.63) is 24.3 Å². The zero-order valence-corrected chi connectivity index (χ0v) is 11.3. The van der Waals surface area contributed by atoms with E-state index < -0.39 is 24.0 Å². The molecule has 0 bridgehead atoms. The third-order valence-electron chi connectivity index (χ3n) is 3.03. The lowest BCUT2D eigenvalue weighted by Crippen LogP contribution is -2.51. The third-order valence-corrected chi connectivity index (χ3v) is 3.03. The number of ether oxygens (including phenoxy) is 2. The van der Waals surface area contributed by atoms with Crippen LogP contribution in [-0.2, 0) is 9.59 Å². The first-order valence-corrected chi connectivity index (χ1v) is 6.40. The number of carbonyl (C=O) groups is 2. The SMILES string of the molecule is CC(C)C(NC(=O)C1COc2ccccc2O1)C(=O)O. The number of hydrogen-bond donors (Lipinski definition) is 2. The van der Waals surface area contributed by atoms with E-state index in [-0.39, 0.29) is 12.5 Å². The minimum Gasteiger partial charge on any atom is -0.485 e. The van der Waals surface area contributed by atoms with Gasteiger partial charge in [-0.25, -0.2) is 4.79 Å². The van der Waals surface area contributed by atoms with E-state index in [0.29, 0.717) is 11.5 Å². The lowest BCUT2D eigenvalue weighted by molar-refractivity contribution is -0.145. The Morgan fingerprint density at radius 1 is 1.30 bits per heavy atom. The number of carbonyl (C=O) groups excluding carboxylic acids is 1. The van der Waals surface area contributed by atoms with E-state index in [9.17, 15) is 9.59 Å². The molecule has 0 aromatic heterocycles. The van der Waals surface area contributed by atoms with Crippen LogP contribution < -0.4 is 14.8 Å². The molecule has 108 valence electrons. The van der Waals surface area contributed by atoms with Crippen LogP contribution in [0, 0.1) is 5.92 Å². The Kier molecular flexibility index (Phi) is 4.12. The summed E-state index contributed by atoms with van der Waals surface area (Å²) in [7, 11) is 0. The number of hydrogen-bond acceptors (Lipinski definition) is 4. The molecule has 1 aliphatic rings.